The maximum Gasteiger partial charge on any atom is 0.223 e. The highest BCUT2D eigenvalue weighted by atomic mass is 79.9. The van der Waals surface area contributed by atoms with Gasteiger partial charge in [-0.25, -0.2) is 4.39 Å². The first-order valence-electron chi connectivity index (χ1n) is 6.53. The molecule has 2 aromatic carbocycles. The van der Waals surface area contributed by atoms with Gasteiger partial charge in [-0.1, -0.05) is 40.2 Å². The van der Waals surface area contributed by atoms with Crippen molar-refractivity contribution in [2.45, 2.75) is 13.0 Å². The van der Waals surface area contributed by atoms with Crippen molar-refractivity contribution in [2.75, 3.05) is 6.61 Å². The fourth-order valence-corrected chi connectivity index (χ4v) is 2.12. The number of carbonyl (C=O) groups is 1. The molecule has 0 aromatic heterocycles. The molecule has 0 fully saturated rings. The van der Waals surface area contributed by atoms with E-state index in [1.165, 1.54) is 6.07 Å². The molecule has 0 spiro atoms. The lowest BCUT2D eigenvalue weighted by molar-refractivity contribution is -0.121. The van der Waals surface area contributed by atoms with E-state index in [1.54, 1.807) is 18.2 Å². The normalized spacial score (nSPS) is 10.2. The Labute approximate surface area is 131 Å². The van der Waals surface area contributed by atoms with Gasteiger partial charge in [-0.2, -0.15) is 0 Å². The van der Waals surface area contributed by atoms with Gasteiger partial charge in [0.25, 0.3) is 0 Å². The van der Waals surface area contributed by atoms with Crippen LogP contribution in [0.1, 0.15) is 12.0 Å². The molecule has 1 N–H and O–H groups in total. The summed E-state index contributed by atoms with van der Waals surface area (Å²) in [6, 6.07) is 13.8. The summed E-state index contributed by atoms with van der Waals surface area (Å²) in [4.78, 5) is 11.7. The van der Waals surface area contributed by atoms with E-state index in [0.717, 1.165) is 4.47 Å². The Balaban J connectivity index is 1.72. The zero-order valence-electron chi connectivity index (χ0n) is 11.3. The third kappa shape index (κ3) is 5.19. The third-order valence-electron chi connectivity index (χ3n) is 2.83. The van der Waals surface area contributed by atoms with Crippen molar-refractivity contribution in [3.63, 3.8) is 0 Å². The molecule has 0 aliphatic carbocycles. The van der Waals surface area contributed by atoms with E-state index in [4.69, 9.17) is 4.74 Å². The van der Waals surface area contributed by atoms with Crippen LogP contribution in [0.4, 0.5) is 4.39 Å². The highest BCUT2D eigenvalue weighted by Crippen LogP contribution is 2.17. The highest BCUT2D eigenvalue weighted by Gasteiger charge is 2.05. The zero-order chi connectivity index (χ0) is 15.1. The molecule has 2 aromatic rings. The first-order valence-corrected chi connectivity index (χ1v) is 7.33. The molecule has 5 heteroatoms. The van der Waals surface area contributed by atoms with Gasteiger partial charge in [0.1, 0.15) is 11.6 Å². The lowest BCUT2D eigenvalue weighted by Gasteiger charge is -2.08. The summed E-state index contributed by atoms with van der Waals surface area (Å²) in [5.41, 5.74) is 0.471. The van der Waals surface area contributed by atoms with E-state index in [2.05, 4.69) is 21.2 Å². The second kappa shape index (κ2) is 7.78. The smallest absolute Gasteiger partial charge is 0.223 e. The van der Waals surface area contributed by atoms with E-state index in [1.807, 2.05) is 24.3 Å². The topological polar surface area (TPSA) is 38.3 Å². The van der Waals surface area contributed by atoms with Crippen LogP contribution in [0.15, 0.2) is 53.0 Å². The summed E-state index contributed by atoms with van der Waals surface area (Å²) in [5.74, 6) is 0.211. The summed E-state index contributed by atoms with van der Waals surface area (Å²) >= 11 is 3.35. The summed E-state index contributed by atoms with van der Waals surface area (Å²) in [7, 11) is 0. The molecule has 0 atom stereocenters. The number of ether oxygens (including phenoxy) is 1. The Morgan fingerprint density at radius 1 is 1.19 bits per heavy atom. The number of rotatable bonds is 6. The van der Waals surface area contributed by atoms with Crippen molar-refractivity contribution in [3.8, 4) is 5.75 Å². The Hall–Kier alpha value is -1.88. The number of amides is 1. The Morgan fingerprint density at radius 3 is 2.76 bits per heavy atom. The average molecular weight is 352 g/mol. The Bertz CT molecular complexity index is 619. The van der Waals surface area contributed by atoms with E-state index >= 15 is 0 Å². The van der Waals surface area contributed by atoms with E-state index in [9.17, 15) is 9.18 Å². The number of hydrogen-bond donors (Lipinski definition) is 1. The fraction of sp³-hybridized carbons (Fsp3) is 0.188. The summed E-state index contributed by atoms with van der Waals surface area (Å²) in [6.07, 6.45) is 0.223. The van der Waals surface area contributed by atoms with Crippen LogP contribution >= 0.6 is 15.9 Å². The van der Waals surface area contributed by atoms with Crippen LogP contribution in [-0.4, -0.2) is 12.5 Å². The largest absolute Gasteiger partial charge is 0.493 e. The van der Waals surface area contributed by atoms with Crippen LogP contribution in [0.2, 0.25) is 0 Å². The molecule has 0 heterocycles. The number of halogens is 2. The zero-order valence-corrected chi connectivity index (χ0v) is 12.9. The van der Waals surface area contributed by atoms with Crippen LogP contribution in [0.5, 0.6) is 5.75 Å². The molecule has 0 radical (unpaired) electrons. The van der Waals surface area contributed by atoms with Gasteiger partial charge in [0.2, 0.25) is 5.91 Å². The van der Waals surface area contributed by atoms with Crippen LogP contribution in [0.3, 0.4) is 0 Å². The van der Waals surface area contributed by atoms with Crippen molar-refractivity contribution >= 4 is 21.8 Å². The Morgan fingerprint density at radius 2 is 2.00 bits per heavy atom. The predicted molar refractivity (Wildman–Crippen MR) is 82.5 cm³/mol. The molecule has 3 nitrogen and oxygen atoms in total. The number of nitrogens with one attached hydrogen (secondary N) is 1. The van der Waals surface area contributed by atoms with Crippen LogP contribution in [0, 0.1) is 5.82 Å². The van der Waals surface area contributed by atoms with Gasteiger partial charge in [0.15, 0.2) is 0 Å². The summed E-state index contributed by atoms with van der Waals surface area (Å²) < 4.78 is 19.8. The number of hydrogen-bond acceptors (Lipinski definition) is 2. The van der Waals surface area contributed by atoms with E-state index in [-0.39, 0.29) is 31.3 Å². The monoisotopic (exact) mass is 351 g/mol. The minimum absolute atomic E-state index is 0.173. The average Bonchev–Trinajstić information content (AvgIpc) is 2.46. The molecular formula is C16H15BrFNO2. The molecule has 0 saturated heterocycles. The molecule has 1 amide bonds. The maximum absolute atomic E-state index is 13.4. The lowest BCUT2D eigenvalue weighted by Crippen LogP contribution is -2.24. The van der Waals surface area contributed by atoms with Gasteiger partial charge in [-0.3, -0.25) is 4.79 Å². The van der Waals surface area contributed by atoms with Crippen LogP contribution in [0.25, 0.3) is 0 Å². The minimum Gasteiger partial charge on any atom is -0.493 e. The molecule has 21 heavy (non-hydrogen) atoms. The molecule has 0 aliphatic rings. The van der Waals surface area contributed by atoms with E-state index < -0.39 is 0 Å². The van der Waals surface area contributed by atoms with Gasteiger partial charge < -0.3 is 10.1 Å². The quantitative estimate of drug-likeness (QED) is 0.862. The van der Waals surface area contributed by atoms with E-state index in [0.29, 0.717) is 11.3 Å². The van der Waals surface area contributed by atoms with Gasteiger partial charge in [0, 0.05) is 16.6 Å². The van der Waals surface area contributed by atoms with Crippen molar-refractivity contribution in [1.82, 2.24) is 5.32 Å². The van der Waals surface area contributed by atoms with Crippen molar-refractivity contribution < 1.29 is 13.9 Å². The van der Waals surface area contributed by atoms with Gasteiger partial charge in [-0.05, 0) is 24.3 Å². The molecule has 0 saturated carbocycles. The SMILES string of the molecule is O=C(CCOc1cccc(Br)c1)NCc1ccccc1F. The molecule has 0 bridgehead atoms. The van der Waals surface area contributed by atoms with Crippen LogP contribution in [-0.2, 0) is 11.3 Å². The molecule has 2 rings (SSSR count). The highest BCUT2D eigenvalue weighted by molar-refractivity contribution is 9.10. The minimum atomic E-state index is -0.316. The van der Waals surface area contributed by atoms with Gasteiger partial charge >= 0.3 is 0 Å². The van der Waals surface area contributed by atoms with Gasteiger partial charge in [-0.15, -0.1) is 0 Å². The summed E-state index contributed by atoms with van der Waals surface area (Å²) in [5, 5.41) is 2.67. The summed E-state index contributed by atoms with van der Waals surface area (Å²) in [6.45, 7) is 0.460. The second-order valence-electron chi connectivity index (χ2n) is 4.42. The molecule has 0 unspecified atom stereocenters. The Kier molecular flexibility index (Phi) is 5.75. The molecular weight excluding hydrogens is 337 g/mol. The first kappa shape index (κ1) is 15.5. The standard InChI is InChI=1S/C16H15BrFNO2/c17-13-5-3-6-14(10-13)21-9-8-16(20)19-11-12-4-1-2-7-15(12)18/h1-7,10H,8-9,11H2,(H,19,20). The van der Waals surface area contributed by atoms with Crippen molar-refractivity contribution in [2.24, 2.45) is 0 Å². The first-order chi connectivity index (χ1) is 10.1. The lowest BCUT2D eigenvalue weighted by atomic mass is 10.2. The third-order valence-corrected chi connectivity index (χ3v) is 3.32. The van der Waals surface area contributed by atoms with Crippen molar-refractivity contribution in [3.05, 3.63) is 64.4 Å². The molecule has 110 valence electrons. The fourth-order valence-electron chi connectivity index (χ4n) is 1.74. The maximum atomic E-state index is 13.4. The van der Waals surface area contributed by atoms with Crippen LogP contribution < -0.4 is 10.1 Å². The van der Waals surface area contributed by atoms with Crippen molar-refractivity contribution in [1.29, 1.82) is 0 Å². The molecule has 0 aliphatic heterocycles. The number of carbonyl (C=O) groups excluding carboxylic acids is 1. The predicted octanol–water partition coefficient (Wildman–Crippen LogP) is 3.67. The second-order valence-corrected chi connectivity index (χ2v) is 5.34. The van der Waals surface area contributed by atoms with Gasteiger partial charge in [0.05, 0.1) is 13.0 Å². The number of benzene rings is 2.